The molecule has 0 bridgehead atoms. The van der Waals surface area contributed by atoms with Crippen LogP contribution in [-0.2, 0) is 14.3 Å². The molecule has 1 heterocycles. The minimum Gasteiger partial charge on any atom is -0.464 e. The Morgan fingerprint density at radius 1 is 1.39 bits per heavy atom. The lowest BCUT2D eigenvalue weighted by molar-refractivity contribution is -0.122. The highest BCUT2D eigenvalue weighted by Crippen LogP contribution is 2.02. The summed E-state index contributed by atoms with van der Waals surface area (Å²) in [5.74, 6) is -0.568. The number of aromatic nitrogens is 2. The third-order valence-corrected chi connectivity index (χ3v) is 1.86. The maximum atomic E-state index is 11.1. The molecule has 0 radical (unpaired) electrons. The van der Waals surface area contributed by atoms with Crippen molar-refractivity contribution in [2.75, 3.05) is 32.2 Å². The molecule has 1 aromatic heterocycles. The van der Waals surface area contributed by atoms with Gasteiger partial charge in [-0.05, 0) is 12.1 Å². The van der Waals surface area contributed by atoms with Gasteiger partial charge in [-0.25, -0.2) is 4.79 Å². The molecule has 1 aromatic rings. The van der Waals surface area contributed by atoms with Crippen LogP contribution in [0.5, 0.6) is 0 Å². The average Bonchev–Trinajstić information content (AvgIpc) is 2.38. The van der Waals surface area contributed by atoms with Gasteiger partial charge in [-0.15, -0.1) is 10.2 Å². The number of ether oxygens (including phenoxy) is 2. The summed E-state index contributed by atoms with van der Waals surface area (Å²) in [6.45, 7) is 0.636. The minimum atomic E-state index is -0.543. The molecule has 1 amide bonds. The highest BCUT2D eigenvalue weighted by molar-refractivity contribution is 5.86. The molecule has 0 aliphatic heterocycles. The number of nitrogens with zero attached hydrogens (tertiary/aromatic N) is 2. The Kier molecular flexibility index (Phi) is 5.52. The molecule has 3 N–H and O–H groups in total. The average molecular weight is 254 g/mol. The molecular weight excluding hydrogens is 240 g/mol. The van der Waals surface area contributed by atoms with Gasteiger partial charge in [0.25, 0.3) is 0 Å². The van der Waals surface area contributed by atoms with Crippen LogP contribution in [0.2, 0.25) is 0 Å². The lowest BCUT2D eigenvalue weighted by Gasteiger charge is -2.05. The zero-order chi connectivity index (χ0) is 13.4. The van der Waals surface area contributed by atoms with E-state index in [1.165, 1.54) is 13.2 Å². The number of amides is 1. The van der Waals surface area contributed by atoms with Gasteiger partial charge in [0.1, 0.15) is 12.4 Å². The Morgan fingerprint density at radius 2 is 2.17 bits per heavy atom. The van der Waals surface area contributed by atoms with Crippen LogP contribution in [-0.4, -0.2) is 48.9 Å². The number of anilines is 1. The number of rotatable bonds is 7. The minimum absolute atomic E-state index is 0.116. The summed E-state index contributed by atoms with van der Waals surface area (Å²) >= 11 is 0. The zero-order valence-corrected chi connectivity index (χ0v) is 9.88. The topological polar surface area (TPSA) is 116 Å². The van der Waals surface area contributed by atoms with E-state index >= 15 is 0 Å². The zero-order valence-electron chi connectivity index (χ0n) is 9.88. The first kappa shape index (κ1) is 13.8. The quantitative estimate of drug-likeness (QED) is 0.482. The van der Waals surface area contributed by atoms with Gasteiger partial charge in [0.2, 0.25) is 5.91 Å². The van der Waals surface area contributed by atoms with E-state index in [4.69, 9.17) is 10.5 Å². The summed E-state index contributed by atoms with van der Waals surface area (Å²) in [5, 5.41) is 10.3. The van der Waals surface area contributed by atoms with Crippen LogP contribution in [0.15, 0.2) is 12.1 Å². The van der Waals surface area contributed by atoms with Crippen molar-refractivity contribution in [3.05, 3.63) is 17.8 Å². The third kappa shape index (κ3) is 4.74. The molecule has 0 aliphatic carbocycles. The number of carbonyl (C=O) groups is 2. The molecule has 1 rings (SSSR count). The van der Waals surface area contributed by atoms with Crippen molar-refractivity contribution in [1.82, 2.24) is 10.2 Å². The second-order valence-corrected chi connectivity index (χ2v) is 3.24. The van der Waals surface area contributed by atoms with Crippen LogP contribution < -0.4 is 11.1 Å². The molecule has 0 aliphatic rings. The van der Waals surface area contributed by atoms with E-state index in [0.29, 0.717) is 19.0 Å². The molecule has 0 saturated heterocycles. The first-order chi connectivity index (χ1) is 8.63. The summed E-state index contributed by atoms with van der Waals surface area (Å²) < 4.78 is 9.42. The second kappa shape index (κ2) is 7.17. The molecule has 0 spiro atoms. The fourth-order valence-electron chi connectivity index (χ4n) is 1.06. The third-order valence-electron chi connectivity index (χ3n) is 1.86. The smallest absolute Gasteiger partial charge is 0.358 e. The Hall–Kier alpha value is -2.22. The molecule has 0 aromatic carbocycles. The fraction of sp³-hybridized carbons (Fsp3) is 0.400. The van der Waals surface area contributed by atoms with E-state index in [1.54, 1.807) is 6.07 Å². The Balaban J connectivity index is 2.31. The summed E-state index contributed by atoms with van der Waals surface area (Å²) in [6, 6.07) is 3.08. The van der Waals surface area contributed by atoms with Crippen LogP contribution in [0.1, 0.15) is 10.5 Å². The van der Waals surface area contributed by atoms with Gasteiger partial charge in [-0.2, -0.15) is 0 Å². The highest BCUT2D eigenvalue weighted by atomic mass is 16.5. The number of hydrogen-bond acceptors (Lipinski definition) is 7. The first-order valence-corrected chi connectivity index (χ1v) is 5.15. The predicted molar refractivity (Wildman–Crippen MR) is 61.9 cm³/mol. The molecule has 98 valence electrons. The maximum absolute atomic E-state index is 11.1. The monoisotopic (exact) mass is 254 g/mol. The predicted octanol–water partition coefficient (Wildman–Crippen LogP) is -0.823. The van der Waals surface area contributed by atoms with Gasteiger partial charge in [-0.3, -0.25) is 4.79 Å². The van der Waals surface area contributed by atoms with Crippen molar-refractivity contribution in [2.24, 2.45) is 5.73 Å². The largest absolute Gasteiger partial charge is 0.464 e. The van der Waals surface area contributed by atoms with Crippen molar-refractivity contribution in [3.8, 4) is 0 Å². The van der Waals surface area contributed by atoms with Crippen LogP contribution >= 0.6 is 0 Å². The number of methoxy groups -OCH3 is 1. The number of nitrogens with two attached hydrogens (primary N) is 1. The molecule has 0 atom stereocenters. The van der Waals surface area contributed by atoms with Crippen molar-refractivity contribution in [3.63, 3.8) is 0 Å². The fourth-order valence-corrected chi connectivity index (χ4v) is 1.06. The number of nitrogens with one attached hydrogen (secondary N) is 1. The molecule has 18 heavy (non-hydrogen) atoms. The van der Waals surface area contributed by atoms with Crippen LogP contribution in [0.3, 0.4) is 0 Å². The van der Waals surface area contributed by atoms with Gasteiger partial charge in [0.05, 0.1) is 13.7 Å². The standard InChI is InChI=1S/C10H14N4O4/c1-17-10(16)7-2-3-9(14-13-7)12-4-5-18-6-8(11)15/h2-3H,4-6H2,1H3,(H2,11,15)(H,12,14). The summed E-state index contributed by atoms with van der Waals surface area (Å²) in [6.07, 6.45) is 0. The maximum Gasteiger partial charge on any atom is 0.358 e. The van der Waals surface area contributed by atoms with E-state index in [0.717, 1.165) is 0 Å². The number of carbonyl (C=O) groups excluding carboxylic acids is 2. The first-order valence-electron chi connectivity index (χ1n) is 5.15. The second-order valence-electron chi connectivity index (χ2n) is 3.24. The molecule has 0 unspecified atom stereocenters. The van der Waals surface area contributed by atoms with Gasteiger partial charge in [-0.1, -0.05) is 0 Å². The Bertz CT molecular complexity index is 407. The van der Waals surface area contributed by atoms with Crippen LogP contribution in [0.4, 0.5) is 5.82 Å². The molecule has 8 nitrogen and oxygen atoms in total. The van der Waals surface area contributed by atoms with Crippen LogP contribution in [0.25, 0.3) is 0 Å². The van der Waals surface area contributed by atoms with E-state index in [2.05, 4.69) is 20.3 Å². The highest BCUT2D eigenvalue weighted by Gasteiger charge is 2.07. The van der Waals surface area contributed by atoms with Crippen molar-refractivity contribution >= 4 is 17.7 Å². The van der Waals surface area contributed by atoms with Crippen molar-refractivity contribution in [1.29, 1.82) is 0 Å². The van der Waals surface area contributed by atoms with E-state index in [-0.39, 0.29) is 12.3 Å². The van der Waals surface area contributed by atoms with Crippen molar-refractivity contribution < 1.29 is 19.1 Å². The lowest BCUT2D eigenvalue weighted by Crippen LogP contribution is -2.20. The number of primary amides is 1. The van der Waals surface area contributed by atoms with E-state index < -0.39 is 11.9 Å². The normalized spacial score (nSPS) is 9.83. The summed E-state index contributed by atoms with van der Waals surface area (Å²) in [4.78, 5) is 21.5. The van der Waals surface area contributed by atoms with E-state index in [9.17, 15) is 9.59 Å². The Morgan fingerprint density at radius 3 is 2.72 bits per heavy atom. The molecular formula is C10H14N4O4. The number of hydrogen-bond donors (Lipinski definition) is 2. The lowest BCUT2D eigenvalue weighted by atomic mass is 10.4. The molecule has 0 fully saturated rings. The van der Waals surface area contributed by atoms with Gasteiger partial charge in [0.15, 0.2) is 5.69 Å². The van der Waals surface area contributed by atoms with Gasteiger partial charge < -0.3 is 20.5 Å². The summed E-state index contributed by atoms with van der Waals surface area (Å²) in [7, 11) is 1.27. The van der Waals surface area contributed by atoms with Gasteiger partial charge in [0, 0.05) is 6.54 Å². The Labute approximate surface area is 103 Å². The van der Waals surface area contributed by atoms with Gasteiger partial charge >= 0.3 is 5.97 Å². The summed E-state index contributed by atoms with van der Waals surface area (Å²) in [5.41, 5.74) is 5.03. The van der Waals surface area contributed by atoms with Crippen LogP contribution in [0, 0.1) is 0 Å². The van der Waals surface area contributed by atoms with E-state index in [1.807, 2.05) is 0 Å². The van der Waals surface area contributed by atoms with Crippen molar-refractivity contribution in [2.45, 2.75) is 0 Å². The SMILES string of the molecule is COC(=O)c1ccc(NCCOCC(N)=O)nn1. The molecule has 0 saturated carbocycles. The molecule has 8 heteroatoms. The number of esters is 1.